The predicted octanol–water partition coefficient (Wildman–Crippen LogP) is 3.99. The van der Waals surface area contributed by atoms with Crippen LogP contribution in [-0.4, -0.2) is 33.8 Å². The summed E-state index contributed by atoms with van der Waals surface area (Å²) in [7, 11) is 0. The number of allylic oxidation sites excluding steroid dienone is 1. The third-order valence-electron chi connectivity index (χ3n) is 7.34. The Morgan fingerprint density at radius 1 is 1.06 bits per heavy atom. The zero-order chi connectivity index (χ0) is 23.7. The molecule has 1 N–H and O–H groups in total. The molecule has 0 saturated heterocycles. The van der Waals surface area contributed by atoms with Gasteiger partial charge in [0.1, 0.15) is 24.2 Å². The van der Waals surface area contributed by atoms with Crippen LogP contribution in [0.5, 0.6) is 11.5 Å². The summed E-state index contributed by atoms with van der Waals surface area (Å²) < 4.78 is 8.22. The number of carbonyl (C=O) groups is 1. The molecule has 0 fully saturated rings. The standard InChI is InChI=1S/C27H23N3O4S/c31-20-10-11-29-25(26(20)32)27(33)28-13-16-8-9-18(12-16)34-21-6-3-4-17-14-35-22-7-2-1-5-19(22)24(23(17)21)30(29)15-28/h1-7,10-12,16,24,32H,8-9,13-15H2/t16-,24-/m1/s1. The third kappa shape index (κ3) is 3.13. The van der Waals surface area contributed by atoms with Gasteiger partial charge in [0.25, 0.3) is 5.91 Å². The smallest absolute Gasteiger partial charge is 0.277 e. The normalized spacial score (nSPS) is 22.2. The van der Waals surface area contributed by atoms with Crippen LogP contribution >= 0.6 is 11.8 Å². The van der Waals surface area contributed by atoms with Crippen LogP contribution in [0.2, 0.25) is 0 Å². The molecule has 176 valence electrons. The van der Waals surface area contributed by atoms with Crippen LogP contribution in [0.25, 0.3) is 0 Å². The van der Waals surface area contributed by atoms with Gasteiger partial charge in [0, 0.05) is 41.4 Å². The quantitative estimate of drug-likeness (QED) is 0.519. The van der Waals surface area contributed by atoms with Crippen molar-refractivity contribution in [1.82, 2.24) is 9.58 Å². The fraction of sp³-hybridized carbons (Fsp3) is 0.259. The van der Waals surface area contributed by atoms with E-state index >= 15 is 0 Å². The minimum absolute atomic E-state index is 0.0135. The van der Waals surface area contributed by atoms with Gasteiger partial charge in [-0.25, -0.2) is 0 Å². The van der Waals surface area contributed by atoms with E-state index in [2.05, 4.69) is 29.3 Å². The van der Waals surface area contributed by atoms with Gasteiger partial charge in [-0.3, -0.25) is 19.3 Å². The van der Waals surface area contributed by atoms with Gasteiger partial charge in [0.15, 0.2) is 11.4 Å². The molecule has 4 heterocycles. The first kappa shape index (κ1) is 20.7. The summed E-state index contributed by atoms with van der Waals surface area (Å²) in [6.45, 7) is 0.822. The Balaban J connectivity index is 1.56. The van der Waals surface area contributed by atoms with Crippen LogP contribution in [0.1, 0.15) is 46.1 Å². The second kappa shape index (κ2) is 7.68. The van der Waals surface area contributed by atoms with Gasteiger partial charge in [-0.1, -0.05) is 30.3 Å². The highest BCUT2D eigenvalue weighted by Gasteiger charge is 2.41. The number of carbonyl (C=O) groups excluding carboxylic acids is 1. The van der Waals surface area contributed by atoms with Crippen LogP contribution in [0, 0.1) is 5.92 Å². The Hall–Kier alpha value is -3.65. The highest BCUT2D eigenvalue weighted by molar-refractivity contribution is 7.98. The van der Waals surface area contributed by atoms with Crippen molar-refractivity contribution in [2.45, 2.75) is 29.5 Å². The van der Waals surface area contributed by atoms with E-state index < -0.39 is 11.2 Å². The molecule has 1 aromatic heterocycles. The Kier molecular flexibility index (Phi) is 4.54. The lowest BCUT2D eigenvalue weighted by atomic mass is 9.93. The van der Waals surface area contributed by atoms with Crippen molar-refractivity contribution < 1.29 is 14.6 Å². The van der Waals surface area contributed by atoms with E-state index in [-0.39, 0.29) is 23.6 Å². The molecule has 7 rings (SSSR count). The fourth-order valence-corrected chi connectivity index (χ4v) is 6.80. The number of benzene rings is 2. The molecule has 3 aromatic rings. The van der Waals surface area contributed by atoms with Gasteiger partial charge in [-0.05, 0) is 41.7 Å². The Bertz CT molecular complexity index is 1480. The molecule has 0 saturated carbocycles. The predicted molar refractivity (Wildman–Crippen MR) is 132 cm³/mol. The van der Waals surface area contributed by atoms with Crippen LogP contribution in [-0.2, 0) is 5.75 Å². The van der Waals surface area contributed by atoms with Crippen molar-refractivity contribution in [1.29, 1.82) is 0 Å². The maximum absolute atomic E-state index is 13.6. The number of aromatic hydroxyl groups is 1. The van der Waals surface area contributed by atoms with Gasteiger partial charge >= 0.3 is 0 Å². The average molecular weight is 486 g/mol. The topological polar surface area (TPSA) is 75.0 Å². The zero-order valence-corrected chi connectivity index (χ0v) is 19.7. The van der Waals surface area contributed by atoms with Crippen LogP contribution < -0.4 is 15.2 Å². The van der Waals surface area contributed by atoms with Gasteiger partial charge in [-0.15, -0.1) is 11.8 Å². The van der Waals surface area contributed by atoms with Gasteiger partial charge < -0.3 is 14.7 Å². The van der Waals surface area contributed by atoms with E-state index in [0.717, 1.165) is 46.1 Å². The van der Waals surface area contributed by atoms with Crippen LogP contribution in [0.3, 0.4) is 0 Å². The largest absolute Gasteiger partial charge is 0.502 e. The first-order valence-electron chi connectivity index (χ1n) is 11.8. The number of rotatable bonds is 0. The van der Waals surface area contributed by atoms with Crippen molar-refractivity contribution in [2.75, 3.05) is 18.2 Å². The number of thioether (sulfide) groups is 1. The molecule has 3 aliphatic heterocycles. The Morgan fingerprint density at radius 3 is 2.86 bits per heavy atom. The van der Waals surface area contributed by atoms with Crippen molar-refractivity contribution >= 4 is 17.7 Å². The van der Waals surface area contributed by atoms with E-state index in [1.54, 1.807) is 27.5 Å². The molecule has 1 amide bonds. The molecular formula is C27H23N3O4S. The molecule has 0 radical (unpaired) electrons. The summed E-state index contributed by atoms with van der Waals surface area (Å²) in [6, 6.07) is 15.5. The number of pyridine rings is 1. The van der Waals surface area contributed by atoms with Gasteiger partial charge in [0.2, 0.25) is 5.43 Å². The lowest BCUT2D eigenvalue weighted by molar-refractivity contribution is 0.0659. The second-order valence-corrected chi connectivity index (χ2v) is 10.4. The van der Waals surface area contributed by atoms with Crippen molar-refractivity contribution in [3.05, 3.63) is 99.2 Å². The fourth-order valence-electron chi connectivity index (χ4n) is 5.72. The molecule has 0 spiro atoms. The molecule has 2 atom stereocenters. The van der Waals surface area contributed by atoms with Crippen molar-refractivity contribution in [3.8, 4) is 11.5 Å². The van der Waals surface area contributed by atoms with Crippen molar-refractivity contribution in [2.24, 2.45) is 5.92 Å². The van der Waals surface area contributed by atoms with Crippen LogP contribution in [0.4, 0.5) is 0 Å². The SMILES string of the molecule is O=C1c2c(O)c(=O)ccn2N2CN1C[C@H]1C=C(CC1)Oc1cccc3c1[C@H]2c1ccccc1SC3. The summed E-state index contributed by atoms with van der Waals surface area (Å²) in [5.41, 5.74) is 2.77. The maximum atomic E-state index is 13.6. The molecule has 35 heavy (non-hydrogen) atoms. The van der Waals surface area contributed by atoms with Crippen LogP contribution in [0.15, 0.2) is 76.3 Å². The number of ether oxygens (including phenoxy) is 1. The van der Waals surface area contributed by atoms with Crippen molar-refractivity contribution in [3.63, 3.8) is 0 Å². The lowest BCUT2D eigenvalue weighted by Gasteiger charge is -2.44. The molecular weight excluding hydrogens is 462 g/mol. The Labute approximate surface area is 206 Å². The minimum atomic E-state index is -0.556. The highest BCUT2D eigenvalue weighted by atomic mass is 32.2. The number of hydrogen-bond acceptors (Lipinski definition) is 6. The zero-order valence-electron chi connectivity index (χ0n) is 18.9. The molecule has 0 unspecified atom stereocenters. The first-order valence-corrected chi connectivity index (χ1v) is 12.8. The van der Waals surface area contributed by atoms with E-state index in [1.165, 1.54) is 11.6 Å². The van der Waals surface area contributed by atoms with E-state index in [0.29, 0.717) is 13.2 Å². The Morgan fingerprint density at radius 2 is 1.94 bits per heavy atom. The molecule has 4 aliphatic rings. The average Bonchev–Trinajstić information content (AvgIpc) is 3.21. The highest BCUT2D eigenvalue weighted by Crippen LogP contribution is 2.47. The molecule has 8 heteroatoms. The monoisotopic (exact) mass is 485 g/mol. The number of hydrogen-bond donors (Lipinski definition) is 1. The first-order chi connectivity index (χ1) is 17.1. The maximum Gasteiger partial charge on any atom is 0.277 e. The van der Waals surface area contributed by atoms with E-state index in [1.807, 2.05) is 24.3 Å². The summed E-state index contributed by atoms with van der Waals surface area (Å²) in [5, 5.41) is 12.8. The van der Waals surface area contributed by atoms with E-state index in [4.69, 9.17) is 4.74 Å². The number of aromatic nitrogens is 1. The van der Waals surface area contributed by atoms with Gasteiger partial charge in [-0.2, -0.15) is 0 Å². The second-order valence-electron chi connectivity index (χ2n) is 9.42. The number of fused-ring (bicyclic) bond motifs is 8. The number of nitrogens with zero attached hydrogens (tertiary/aromatic N) is 3. The lowest BCUT2D eigenvalue weighted by Crippen LogP contribution is -2.56. The minimum Gasteiger partial charge on any atom is -0.502 e. The summed E-state index contributed by atoms with van der Waals surface area (Å²) in [5.74, 6) is 1.85. The number of amides is 1. The third-order valence-corrected chi connectivity index (χ3v) is 8.48. The molecule has 7 nitrogen and oxygen atoms in total. The van der Waals surface area contributed by atoms with Gasteiger partial charge in [0.05, 0.1) is 0 Å². The molecule has 4 bridgehead atoms. The summed E-state index contributed by atoms with van der Waals surface area (Å²) in [4.78, 5) is 28.9. The molecule has 1 aliphatic carbocycles. The van der Waals surface area contributed by atoms with E-state index in [9.17, 15) is 14.7 Å². The summed E-state index contributed by atoms with van der Waals surface area (Å²) in [6.07, 6.45) is 5.44. The summed E-state index contributed by atoms with van der Waals surface area (Å²) >= 11 is 1.78. The molecule has 2 aromatic carbocycles.